The Morgan fingerprint density at radius 1 is 0.205 bits per heavy atom. The highest BCUT2D eigenvalue weighted by Crippen LogP contribution is 2.35. The van der Waals surface area contributed by atoms with Gasteiger partial charge in [0, 0.05) is 43.9 Å². The second-order valence-electron chi connectivity index (χ2n) is 24.3. The van der Waals surface area contributed by atoms with Crippen LogP contribution in [-0.4, -0.2) is 239 Å². The Kier molecular flexibility index (Phi) is 13.9. The van der Waals surface area contributed by atoms with E-state index in [-0.39, 0.29) is 0 Å². The maximum atomic E-state index is 7.74. The molecule has 7 aromatic carbocycles. The minimum Gasteiger partial charge on any atom is -0.454 e. The number of rotatable bonds is 5. The first-order chi connectivity index (χ1) is 36.4. The van der Waals surface area contributed by atoms with Crippen LogP contribution in [0.15, 0.2) is 4.42 Å². The number of aromatic nitrogens is 4. The van der Waals surface area contributed by atoms with Crippen molar-refractivity contribution in [3.05, 3.63) is 0 Å². The van der Waals surface area contributed by atoms with Crippen LogP contribution in [-0.2, 0) is 0 Å². The van der Waals surface area contributed by atoms with Crippen LogP contribution in [0.3, 0.4) is 0 Å². The van der Waals surface area contributed by atoms with Gasteiger partial charge in [-0.15, -0.1) is 54.6 Å². The summed E-state index contributed by atoms with van der Waals surface area (Å²) >= 11 is 0. The molecule has 0 fully saturated rings. The molecule has 3 aromatic heterocycles. The van der Waals surface area contributed by atoms with Gasteiger partial charge in [0.15, 0.2) is 23.1 Å². The molecule has 33 heteroatoms. The van der Waals surface area contributed by atoms with E-state index in [1.807, 2.05) is 0 Å². The van der Waals surface area contributed by atoms with Crippen LogP contribution in [0.2, 0.25) is 0 Å². The average molecular weight is 972 g/mol. The number of hydrogen-bond donors (Lipinski definition) is 0. The van der Waals surface area contributed by atoms with E-state index in [0.717, 1.165) is 49.9 Å². The van der Waals surface area contributed by atoms with Gasteiger partial charge in [-0.1, -0.05) is 92.9 Å². The molecular weight excluding hydrogens is 915 g/mol. The zero-order chi connectivity index (χ0) is 57.4. The van der Waals surface area contributed by atoms with E-state index in [1.165, 1.54) is 180 Å². The Balaban J connectivity index is 1.37. The Labute approximate surface area is 488 Å². The number of fused-ring (bicyclic) bond motifs is 6. The lowest BCUT2D eigenvalue weighted by Crippen LogP contribution is -2.56. The van der Waals surface area contributed by atoms with Gasteiger partial charge >= 0.3 is 0 Å². The van der Waals surface area contributed by atoms with Gasteiger partial charge in [-0.25, -0.2) is 15.0 Å². The van der Waals surface area contributed by atoms with Gasteiger partial charge in [0.25, 0.3) is 0 Å². The molecule has 0 amide bonds. The van der Waals surface area contributed by atoms with Gasteiger partial charge in [-0.05, 0) is 22.0 Å². The van der Waals surface area contributed by atoms with Crippen molar-refractivity contribution in [2.45, 2.75) is 0 Å². The molecule has 0 aliphatic carbocycles. The maximum absolute atomic E-state index is 7.74. The van der Waals surface area contributed by atoms with Crippen molar-refractivity contribution in [1.82, 2.24) is 19.5 Å². The number of furan rings is 1. The fraction of sp³-hybridized carbons (Fsp3) is 0. The number of hydrogen-bond acceptors (Lipinski definition) is 4. The fourth-order valence-electron chi connectivity index (χ4n) is 14.3. The Morgan fingerprint density at radius 2 is 0.449 bits per heavy atom. The molecule has 0 saturated carbocycles. The van der Waals surface area contributed by atoms with Crippen LogP contribution in [0.5, 0.6) is 0 Å². The molecule has 5 nitrogen and oxygen atoms in total. The standard InChI is InChI=1S/C45H56B28N4O/c46-10-1(2-11(47)23(59)31(67)24(60)12(2)48)13(49)35(71)38-3(10)4-14(50)25(61)34(70)36(72)39(4)77(38)40-37(73)30(66)16(52)6-5-15(51)17(53)9(22(58)41(5)78-42(6)40)45-75-43(7-18(54)26(62)32(68)27(63)19(7)55)74-44(76-45)8-20(56)28(64)33(69)29(65)21(8)57/h46-73H2. The molecule has 346 valence electrons. The summed E-state index contributed by atoms with van der Waals surface area (Å²) in [5.41, 5.74) is 47.3. The van der Waals surface area contributed by atoms with Crippen LogP contribution in [0.1, 0.15) is 0 Å². The quantitative estimate of drug-likeness (QED) is 0.161. The summed E-state index contributed by atoms with van der Waals surface area (Å²) < 4.78 is 10.4. The average Bonchev–Trinajstić information content (AvgIpc) is 4.22. The molecule has 3 heterocycles. The third-order valence-corrected chi connectivity index (χ3v) is 21.4. The Bertz CT molecular complexity index is 4320. The van der Waals surface area contributed by atoms with Gasteiger partial charge in [-0.2, -0.15) is 0 Å². The summed E-state index contributed by atoms with van der Waals surface area (Å²) in [6, 6.07) is 0. The topological polar surface area (TPSA) is 56.7 Å². The lowest BCUT2D eigenvalue weighted by Gasteiger charge is -2.26. The van der Waals surface area contributed by atoms with Gasteiger partial charge in [0.1, 0.15) is 225 Å². The molecular formula is C45H56B28N4O. The molecule has 0 aliphatic heterocycles. The highest BCUT2D eigenvalue weighted by molar-refractivity contribution is 6.75. The molecule has 0 atom stereocenters. The molecule has 0 saturated heterocycles. The monoisotopic (exact) mass is 977 g/mol. The fourth-order valence-corrected chi connectivity index (χ4v) is 14.3. The van der Waals surface area contributed by atoms with Crippen LogP contribution in [0.4, 0.5) is 0 Å². The second kappa shape index (κ2) is 19.3. The van der Waals surface area contributed by atoms with Gasteiger partial charge in [-0.3, -0.25) is 0 Å². The lowest BCUT2D eigenvalue weighted by atomic mass is 9.57. The summed E-state index contributed by atoms with van der Waals surface area (Å²) in [4.78, 5) is 16.7. The molecule has 78 heavy (non-hydrogen) atoms. The zero-order valence-corrected chi connectivity index (χ0v) is 52.7. The molecule has 0 unspecified atom stereocenters. The van der Waals surface area contributed by atoms with E-state index >= 15 is 0 Å². The van der Waals surface area contributed by atoms with Gasteiger partial charge in [0.2, 0.25) is 0 Å². The van der Waals surface area contributed by atoms with E-state index < -0.39 is 0 Å². The largest absolute Gasteiger partial charge is 0.454 e. The lowest BCUT2D eigenvalue weighted by molar-refractivity contribution is 0.670. The third kappa shape index (κ3) is 7.52. The van der Waals surface area contributed by atoms with Crippen LogP contribution < -0.4 is 153 Å². The summed E-state index contributed by atoms with van der Waals surface area (Å²) in [6.07, 6.45) is 0. The van der Waals surface area contributed by atoms with E-state index in [9.17, 15) is 0 Å². The van der Waals surface area contributed by atoms with Gasteiger partial charge < -0.3 is 8.98 Å². The summed E-state index contributed by atoms with van der Waals surface area (Å²) in [6.45, 7) is 0. The van der Waals surface area contributed by atoms with Crippen molar-refractivity contribution in [2.75, 3.05) is 0 Å². The number of nitrogens with zero attached hydrogens (tertiary/aromatic N) is 4. The predicted octanol–water partition coefficient (Wildman–Crippen LogP) is -37.2. The molecule has 0 N–H and O–H groups in total. The van der Waals surface area contributed by atoms with E-state index in [2.05, 4.69) is 224 Å². The summed E-state index contributed by atoms with van der Waals surface area (Å²) in [5, 5.41) is 5.02. The van der Waals surface area contributed by atoms with Crippen LogP contribution in [0, 0.1) is 0 Å². The van der Waals surface area contributed by atoms with Gasteiger partial charge in [0.05, 0.1) is 5.69 Å². The molecule has 0 aliphatic rings. The Morgan fingerprint density at radius 3 is 0.872 bits per heavy atom. The highest BCUT2D eigenvalue weighted by Gasteiger charge is 2.32. The molecule has 10 aromatic rings. The smallest absolute Gasteiger partial charge is 0.163 e. The molecule has 0 radical (unpaired) electrons. The summed E-state index contributed by atoms with van der Waals surface area (Å²) in [5.74, 6) is 2.09. The highest BCUT2D eigenvalue weighted by atomic mass is 16.3. The van der Waals surface area contributed by atoms with E-state index in [4.69, 9.17) is 19.4 Å². The molecule has 0 bridgehead atoms. The normalized spacial score (nSPS) is 11.7. The minimum absolute atomic E-state index is 0.672. The van der Waals surface area contributed by atoms with Crippen molar-refractivity contribution >= 4 is 416 Å². The summed E-state index contributed by atoms with van der Waals surface area (Å²) in [7, 11) is 64.1. The first-order valence-corrected chi connectivity index (χ1v) is 28.4. The van der Waals surface area contributed by atoms with Crippen molar-refractivity contribution < 1.29 is 4.42 Å². The van der Waals surface area contributed by atoms with Crippen LogP contribution in [0.25, 0.3) is 94.7 Å². The first-order valence-electron chi connectivity index (χ1n) is 28.4. The molecule has 10 rings (SSSR count). The van der Waals surface area contributed by atoms with Crippen molar-refractivity contribution in [3.8, 4) is 51.0 Å². The maximum Gasteiger partial charge on any atom is 0.163 e. The second-order valence-corrected chi connectivity index (χ2v) is 24.3. The number of benzene rings is 7. The van der Waals surface area contributed by atoms with Crippen molar-refractivity contribution in [1.29, 1.82) is 0 Å². The van der Waals surface area contributed by atoms with Crippen molar-refractivity contribution in [2.24, 2.45) is 0 Å². The Hall–Kier alpha value is -5.03. The third-order valence-electron chi connectivity index (χ3n) is 21.4. The van der Waals surface area contributed by atoms with Crippen LogP contribution >= 0.6 is 0 Å². The van der Waals surface area contributed by atoms with E-state index in [1.54, 1.807) is 0 Å². The predicted molar refractivity (Wildman–Crippen MR) is 432 cm³/mol. The minimum atomic E-state index is 0.672. The first kappa shape index (κ1) is 56.3. The van der Waals surface area contributed by atoms with Crippen molar-refractivity contribution in [3.63, 3.8) is 0 Å². The van der Waals surface area contributed by atoms with E-state index in [0.29, 0.717) is 17.5 Å². The molecule has 0 spiro atoms. The SMILES string of the molecule is Bc1c(B)c(B)c(-c2nc(-c3c(B)c(B)c(B)c(B)c3B)nc(-c3c(B)c(B)c4c(oc5c(-n6c7c(B)c(B)c(B)c(B)c7c7c(B)c(-c8c(B)c(B)c(B)c(B)c8B)c(B)c(B)c76)c(B)c(B)c(B)c54)c3B)n2)c(B)c1B. The zero-order valence-electron chi connectivity index (χ0n) is 52.7.